The van der Waals surface area contributed by atoms with Crippen LogP contribution in [0.5, 0.6) is 0 Å². The van der Waals surface area contributed by atoms with E-state index < -0.39 is 0 Å². The zero-order valence-electron chi connectivity index (χ0n) is 11.6. The van der Waals surface area contributed by atoms with E-state index in [-0.39, 0.29) is 20.3 Å². The van der Waals surface area contributed by atoms with Gasteiger partial charge in [0.15, 0.2) is 0 Å². The molecule has 0 aliphatic carbocycles. The number of rotatable bonds is 3. The van der Waals surface area contributed by atoms with Crippen LogP contribution in [0.15, 0.2) is 29.0 Å². The van der Waals surface area contributed by atoms with E-state index in [1.165, 1.54) is 5.57 Å². The van der Waals surface area contributed by atoms with Crippen LogP contribution in [0.4, 0.5) is 0 Å². The quantitative estimate of drug-likeness (QED) is 0.243. The first-order valence-corrected chi connectivity index (χ1v) is 5.89. The second kappa shape index (κ2) is 10.9. The van der Waals surface area contributed by atoms with Crippen LogP contribution in [-0.4, -0.2) is 0 Å². The molecule has 0 fully saturated rings. The Kier molecular flexibility index (Phi) is 13.4. The average molecular weight is 248 g/mol. The predicted molar refractivity (Wildman–Crippen MR) is 86.6 cm³/mol. The standard InChI is InChI=1S/C16H24.2CH4/c1-7-11-15(16(4,5)6)13-10-8-9-12-14(2)3;;/h10,12H,8-9H2,1-6H3;2*1H4. The summed E-state index contributed by atoms with van der Waals surface area (Å²) < 4.78 is 0. The van der Waals surface area contributed by atoms with Crippen LogP contribution in [0.2, 0.25) is 0 Å². The summed E-state index contributed by atoms with van der Waals surface area (Å²) in [5.41, 5.74) is 5.88. The summed E-state index contributed by atoms with van der Waals surface area (Å²) in [6.45, 7) is 12.6. The van der Waals surface area contributed by atoms with Crippen molar-refractivity contribution in [2.24, 2.45) is 5.41 Å². The minimum absolute atomic E-state index is 0. The summed E-state index contributed by atoms with van der Waals surface area (Å²) in [4.78, 5) is 0. The molecule has 0 heterocycles. The lowest BCUT2D eigenvalue weighted by atomic mass is 9.87. The van der Waals surface area contributed by atoms with Crippen molar-refractivity contribution in [2.45, 2.75) is 69.2 Å². The van der Waals surface area contributed by atoms with Crippen molar-refractivity contribution in [1.29, 1.82) is 0 Å². The Hall–Kier alpha value is -1.18. The lowest BCUT2D eigenvalue weighted by Crippen LogP contribution is -2.06. The Balaban J connectivity index is -0.00000112. The van der Waals surface area contributed by atoms with Gasteiger partial charge in [-0.1, -0.05) is 53.2 Å². The maximum atomic E-state index is 3.32. The van der Waals surface area contributed by atoms with Crippen molar-refractivity contribution in [3.8, 4) is 11.8 Å². The van der Waals surface area contributed by atoms with E-state index in [2.05, 4.69) is 64.3 Å². The fourth-order valence-corrected chi connectivity index (χ4v) is 1.19. The van der Waals surface area contributed by atoms with Crippen LogP contribution in [0.3, 0.4) is 0 Å². The first-order valence-electron chi connectivity index (χ1n) is 5.89. The Morgan fingerprint density at radius 3 is 2.00 bits per heavy atom. The van der Waals surface area contributed by atoms with Crippen molar-refractivity contribution in [2.75, 3.05) is 0 Å². The van der Waals surface area contributed by atoms with E-state index in [1.807, 2.05) is 6.92 Å². The highest BCUT2D eigenvalue weighted by Gasteiger charge is 2.14. The largest absolute Gasteiger partial charge is 0.112 e. The van der Waals surface area contributed by atoms with Gasteiger partial charge in [0.1, 0.15) is 0 Å². The van der Waals surface area contributed by atoms with E-state index in [0.29, 0.717) is 0 Å². The van der Waals surface area contributed by atoms with Gasteiger partial charge in [-0.25, -0.2) is 0 Å². The smallest absolute Gasteiger partial charge is 0.0488 e. The zero-order chi connectivity index (χ0) is 12.6. The molecule has 0 unspecified atom stereocenters. The third kappa shape index (κ3) is 11.3. The first-order chi connectivity index (χ1) is 7.38. The van der Waals surface area contributed by atoms with Crippen LogP contribution < -0.4 is 0 Å². The van der Waals surface area contributed by atoms with Crippen LogP contribution in [-0.2, 0) is 0 Å². The molecule has 0 nitrogen and oxygen atoms in total. The summed E-state index contributed by atoms with van der Waals surface area (Å²) in [6.07, 6.45) is 6.48. The monoisotopic (exact) mass is 248 g/mol. The Labute approximate surface area is 116 Å². The minimum atomic E-state index is 0. The third-order valence-electron chi connectivity index (χ3n) is 2.11. The number of unbranched alkanes of at least 4 members (excludes halogenated alkanes) is 1. The van der Waals surface area contributed by atoms with E-state index in [1.54, 1.807) is 0 Å². The number of hydrogen-bond donors (Lipinski definition) is 0. The van der Waals surface area contributed by atoms with Gasteiger partial charge >= 0.3 is 0 Å². The second-order valence-corrected chi connectivity index (χ2v) is 5.21. The molecule has 0 aromatic rings. The van der Waals surface area contributed by atoms with E-state index in [0.717, 1.165) is 18.4 Å². The van der Waals surface area contributed by atoms with Gasteiger partial charge in [0.2, 0.25) is 0 Å². The molecule has 104 valence electrons. The molecule has 0 radical (unpaired) electrons. The number of allylic oxidation sites excluding steroid dienone is 3. The fraction of sp³-hybridized carbons (Fsp3) is 0.611. The topological polar surface area (TPSA) is 0 Å². The van der Waals surface area contributed by atoms with E-state index in [9.17, 15) is 0 Å². The minimum Gasteiger partial charge on any atom is -0.112 e. The lowest BCUT2D eigenvalue weighted by molar-refractivity contribution is 0.522. The van der Waals surface area contributed by atoms with Gasteiger partial charge in [-0.3, -0.25) is 0 Å². The van der Waals surface area contributed by atoms with E-state index in [4.69, 9.17) is 0 Å². The van der Waals surface area contributed by atoms with Crippen molar-refractivity contribution in [3.05, 3.63) is 29.0 Å². The molecule has 0 saturated heterocycles. The molecule has 0 aliphatic rings. The first kappa shape index (κ1) is 22.0. The molecule has 0 aromatic carbocycles. The normalized spacial score (nSPS) is 8.56. The average Bonchev–Trinajstić information content (AvgIpc) is 2.13. The number of hydrogen-bond acceptors (Lipinski definition) is 0. The van der Waals surface area contributed by atoms with Crippen molar-refractivity contribution < 1.29 is 0 Å². The highest BCUT2D eigenvalue weighted by atomic mass is 14.2. The molecular formula is C18H32. The maximum Gasteiger partial charge on any atom is 0.0488 e. The lowest BCUT2D eigenvalue weighted by Gasteiger charge is -2.15. The third-order valence-corrected chi connectivity index (χ3v) is 2.11. The fourth-order valence-electron chi connectivity index (χ4n) is 1.19. The van der Waals surface area contributed by atoms with Crippen LogP contribution in [0.25, 0.3) is 0 Å². The summed E-state index contributed by atoms with van der Waals surface area (Å²) in [7, 11) is 0. The van der Waals surface area contributed by atoms with Gasteiger partial charge in [0.25, 0.3) is 0 Å². The molecule has 0 rings (SSSR count). The highest BCUT2D eigenvalue weighted by Crippen LogP contribution is 2.23. The molecule has 0 amide bonds. The van der Waals surface area contributed by atoms with Gasteiger partial charge < -0.3 is 0 Å². The molecule has 0 aromatic heterocycles. The van der Waals surface area contributed by atoms with Crippen molar-refractivity contribution >= 4 is 0 Å². The highest BCUT2D eigenvalue weighted by molar-refractivity contribution is 5.32. The van der Waals surface area contributed by atoms with Crippen molar-refractivity contribution in [3.63, 3.8) is 0 Å². The molecule has 0 aliphatic heterocycles. The molecule has 0 N–H and O–H groups in total. The predicted octanol–water partition coefficient (Wildman–Crippen LogP) is 6.16. The van der Waals surface area contributed by atoms with Gasteiger partial charge in [0.05, 0.1) is 0 Å². The molecule has 18 heavy (non-hydrogen) atoms. The SMILES string of the molecule is C.C.CC#CC(=C=CCCC=C(C)C)C(C)(C)C. The summed E-state index contributed by atoms with van der Waals surface area (Å²) in [5, 5.41) is 0. The van der Waals surface area contributed by atoms with Gasteiger partial charge in [-0.2, -0.15) is 0 Å². The van der Waals surface area contributed by atoms with Gasteiger partial charge in [-0.15, -0.1) is 11.7 Å². The van der Waals surface area contributed by atoms with Gasteiger partial charge in [0, 0.05) is 11.0 Å². The molecule has 0 heteroatoms. The maximum absolute atomic E-state index is 3.32. The Morgan fingerprint density at radius 2 is 1.61 bits per heavy atom. The zero-order valence-corrected chi connectivity index (χ0v) is 11.6. The second-order valence-electron chi connectivity index (χ2n) is 5.21. The summed E-state index contributed by atoms with van der Waals surface area (Å²) in [5.74, 6) is 6.08. The molecule has 0 atom stereocenters. The van der Waals surface area contributed by atoms with E-state index >= 15 is 0 Å². The molecule has 0 bridgehead atoms. The van der Waals surface area contributed by atoms with Crippen molar-refractivity contribution in [1.82, 2.24) is 0 Å². The van der Waals surface area contributed by atoms with Crippen LogP contribution in [0, 0.1) is 17.3 Å². The summed E-state index contributed by atoms with van der Waals surface area (Å²) >= 11 is 0. The van der Waals surface area contributed by atoms with Crippen LogP contribution >= 0.6 is 0 Å². The van der Waals surface area contributed by atoms with Gasteiger partial charge in [-0.05, 0) is 39.7 Å². The molecule has 0 saturated carbocycles. The molecule has 0 spiro atoms. The van der Waals surface area contributed by atoms with Crippen LogP contribution in [0.1, 0.15) is 69.2 Å². The Morgan fingerprint density at radius 1 is 1.06 bits per heavy atom. The summed E-state index contributed by atoms with van der Waals surface area (Å²) in [6, 6.07) is 0. The molecular weight excluding hydrogens is 216 g/mol. The Bertz CT molecular complexity index is 351.